The number of fused-ring (bicyclic) bond motifs is 1. The van der Waals surface area contributed by atoms with Gasteiger partial charge in [0.15, 0.2) is 0 Å². The van der Waals surface area contributed by atoms with Crippen molar-refractivity contribution in [1.29, 1.82) is 0 Å². The van der Waals surface area contributed by atoms with E-state index in [1.807, 2.05) is 11.0 Å². The molecule has 6 nitrogen and oxygen atoms in total. The van der Waals surface area contributed by atoms with Crippen molar-refractivity contribution >= 4 is 17.4 Å². The molecular formula is C30H44N4O2. The van der Waals surface area contributed by atoms with Crippen LogP contribution in [0.15, 0.2) is 36.4 Å². The SMILES string of the molecule is CCCCN1CCCc2cc(CN(CCCN3CCOCC3)C(=O)Nc3ccc(C)c(C)c3)ccc21. The number of nitrogens with one attached hydrogen (secondary N) is 1. The Morgan fingerprint density at radius 3 is 2.61 bits per heavy atom. The number of urea groups is 1. The van der Waals surface area contributed by atoms with E-state index in [1.54, 1.807) is 0 Å². The van der Waals surface area contributed by atoms with Crippen LogP contribution in [0.5, 0.6) is 0 Å². The van der Waals surface area contributed by atoms with Crippen molar-refractivity contribution < 1.29 is 9.53 Å². The van der Waals surface area contributed by atoms with Crippen LogP contribution in [0, 0.1) is 13.8 Å². The van der Waals surface area contributed by atoms with E-state index in [0.29, 0.717) is 6.54 Å². The van der Waals surface area contributed by atoms with Crippen LogP contribution in [0.4, 0.5) is 16.2 Å². The molecule has 0 saturated carbocycles. The van der Waals surface area contributed by atoms with Gasteiger partial charge < -0.3 is 19.9 Å². The molecule has 2 aliphatic heterocycles. The van der Waals surface area contributed by atoms with E-state index in [0.717, 1.165) is 71.0 Å². The van der Waals surface area contributed by atoms with Crippen LogP contribution in [0.2, 0.25) is 0 Å². The zero-order valence-corrected chi connectivity index (χ0v) is 22.5. The van der Waals surface area contributed by atoms with Crippen molar-refractivity contribution in [3.05, 3.63) is 58.7 Å². The highest BCUT2D eigenvalue weighted by Gasteiger charge is 2.20. The van der Waals surface area contributed by atoms with E-state index in [-0.39, 0.29) is 6.03 Å². The lowest BCUT2D eigenvalue weighted by molar-refractivity contribution is 0.0365. The summed E-state index contributed by atoms with van der Waals surface area (Å²) in [6, 6.07) is 12.9. The molecule has 0 aromatic heterocycles. The predicted octanol–water partition coefficient (Wildman–Crippen LogP) is 5.61. The quantitative estimate of drug-likeness (QED) is 0.468. The molecule has 1 N–H and O–H groups in total. The normalized spacial score (nSPS) is 16.0. The molecule has 0 unspecified atom stereocenters. The Labute approximate surface area is 217 Å². The van der Waals surface area contributed by atoms with Gasteiger partial charge in [-0.05, 0) is 80.0 Å². The number of anilines is 2. The zero-order valence-electron chi connectivity index (χ0n) is 22.5. The largest absolute Gasteiger partial charge is 0.379 e. The molecule has 0 bridgehead atoms. The number of benzene rings is 2. The summed E-state index contributed by atoms with van der Waals surface area (Å²) < 4.78 is 5.48. The number of carbonyl (C=O) groups excluding carboxylic acids is 1. The first-order chi connectivity index (χ1) is 17.5. The second-order valence-corrected chi connectivity index (χ2v) is 10.4. The van der Waals surface area contributed by atoms with Gasteiger partial charge in [-0.25, -0.2) is 4.79 Å². The number of amides is 2. The number of carbonyl (C=O) groups is 1. The molecule has 2 aliphatic rings. The zero-order chi connectivity index (χ0) is 25.3. The van der Waals surface area contributed by atoms with E-state index < -0.39 is 0 Å². The van der Waals surface area contributed by atoms with Gasteiger partial charge in [0, 0.05) is 57.2 Å². The van der Waals surface area contributed by atoms with Crippen molar-refractivity contribution in [2.75, 3.05) is 62.7 Å². The van der Waals surface area contributed by atoms with Crippen molar-refractivity contribution in [2.24, 2.45) is 0 Å². The summed E-state index contributed by atoms with van der Waals surface area (Å²) in [6.07, 6.45) is 5.74. The lowest BCUT2D eigenvalue weighted by atomic mass is 9.98. The van der Waals surface area contributed by atoms with Gasteiger partial charge in [-0.3, -0.25) is 4.90 Å². The van der Waals surface area contributed by atoms with Crippen LogP contribution < -0.4 is 10.2 Å². The molecular weight excluding hydrogens is 448 g/mol. The molecule has 4 rings (SSSR count). The summed E-state index contributed by atoms with van der Waals surface area (Å²) in [5.41, 5.74) is 7.31. The molecule has 0 atom stereocenters. The minimum absolute atomic E-state index is 0.0254. The third-order valence-electron chi connectivity index (χ3n) is 7.57. The second kappa shape index (κ2) is 13.1. The monoisotopic (exact) mass is 492 g/mol. The Hall–Kier alpha value is -2.57. The van der Waals surface area contributed by atoms with Gasteiger partial charge in [0.2, 0.25) is 0 Å². The molecule has 0 aliphatic carbocycles. The van der Waals surface area contributed by atoms with Gasteiger partial charge in [-0.1, -0.05) is 31.5 Å². The molecule has 6 heteroatoms. The van der Waals surface area contributed by atoms with Crippen molar-refractivity contribution in [3.8, 4) is 0 Å². The van der Waals surface area contributed by atoms with Crippen LogP contribution in [0.25, 0.3) is 0 Å². The second-order valence-electron chi connectivity index (χ2n) is 10.4. The van der Waals surface area contributed by atoms with E-state index >= 15 is 0 Å². The summed E-state index contributed by atoms with van der Waals surface area (Å²) in [4.78, 5) is 20.4. The Kier molecular flexibility index (Phi) is 9.65. The highest BCUT2D eigenvalue weighted by atomic mass is 16.5. The number of hydrogen-bond donors (Lipinski definition) is 1. The maximum atomic E-state index is 13.4. The highest BCUT2D eigenvalue weighted by Crippen LogP contribution is 2.29. The predicted molar refractivity (Wildman–Crippen MR) is 149 cm³/mol. The standard InChI is InChI=1S/C30H44N4O2/c1-4-5-14-33-15-6-8-27-22-26(10-12-29(27)33)23-34(16-7-13-32-17-19-36-20-18-32)30(35)31-28-11-9-24(2)25(3)21-28/h9-12,21-22H,4-8,13-20,23H2,1-3H3,(H,31,35). The first-order valence-corrected chi connectivity index (χ1v) is 13.8. The van der Waals surface area contributed by atoms with Gasteiger partial charge in [0.05, 0.1) is 13.2 Å². The number of hydrogen-bond acceptors (Lipinski definition) is 4. The number of morpholine rings is 1. The number of nitrogens with zero attached hydrogens (tertiary/aromatic N) is 3. The number of ether oxygens (including phenoxy) is 1. The first-order valence-electron chi connectivity index (χ1n) is 13.8. The van der Waals surface area contributed by atoms with E-state index in [2.05, 4.69) is 66.2 Å². The summed E-state index contributed by atoms with van der Waals surface area (Å²) in [5.74, 6) is 0. The van der Waals surface area contributed by atoms with E-state index in [1.165, 1.54) is 47.2 Å². The average molecular weight is 493 g/mol. The molecule has 2 aromatic rings. The molecule has 1 saturated heterocycles. The average Bonchev–Trinajstić information content (AvgIpc) is 2.89. The minimum Gasteiger partial charge on any atom is -0.379 e. The summed E-state index contributed by atoms with van der Waals surface area (Å²) in [7, 11) is 0. The van der Waals surface area contributed by atoms with Gasteiger partial charge in [-0.2, -0.15) is 0 Å². The highest BCUT2D eigenvalue weighted by molar-refractivity contribution is 5.89. The Bertz CT molecular complexity index is 1000. The van der Waals surface area contributed by atoms with Crippen molar-refractivity contribution in [2.45, 2.75) is 59.4 Å². The molecule has 0 radical (unpaired) electrons. The summed E-state index contributed by atoms with van der Waals surface area (Å²) >= 11 is 0. The van der Waals surface area contributed by atoms with Crippen LogP contribution in [0.3, 0.4) is 0 Å². The molecule has 0 spiro atoms. The van der Waals surface area contributed by atoms with Gasteiger partial charge in [0.25, 0.3) is 0 Å². The number of aryl methyl sites for hydroxylation is 3. The number of unbranched alkanes of at least 4 members (excludes halogenated alkanes) is 1. The summed E-state index contributed by atoms with van der Waals surface area (Å²) in [6.45, 7) is 14.6. The van der Waals surface area contributed by atoms with Gasteiger partial charge in [-0.15, -0.1) is 0 Å². The van der Waals surface area contributed by atoms with Crippen LogP contribution in [-0.4, -0.2) is 68.3 Å². The molecule has 2 aromatic carbocycles. The maximum Gasteiger partial charge on any atom is 0.322 e. The smallest absolute Gasteiger partial charge is 0.322 e. The lowest BCUT2D eigenvalue weighted by Gasteiger charge is -2.32. The van der Waals surface area contributed by atoms with Crippen LogP contribution in [-0.2, 0) is 17.7 Å². The third-order valence-corrected chi connectivity index (χ3v) is 7.57. The topological polar surface area (TPSA) is 48.1 Å². The molecule has 2 amide bonds. The Morgan fingerprint density at radius 2 is 1.83 bits per heavy atom. The first kappa shape index (κ1) is 26.5. The molecule has 36 heavy (non-hydrogen) atoms. The third kappa shape index (κ3) is 7.23. The Morgan fingerprint density at radius 1 is 1.00 bits per heavy atom. The van der Waals surface area contributed by atoms with Crippen LogP contribution in [0.1, 0.15) is 54.9 Å². The van der Waals surface area contributed by atoms with E-state index in [4.69, 9.17) is 4.74 Å². The fourth-order valence-electron chi connectivity index (χ4n) is 5.21. The molecule has 196 valence electrons. The van der Waals surface area contributed by atoms with Crippen molar-refractivity contribution in [1.82, 2.24) is 9.80 Å². The fraction of sp³-hybridized carbons (Fsp3) is 0.567. The minimum atomic E-state index is -0.0254. The molecule has 2 heterocycles. The Balaban J connectivity index is 1.45. The van der Waals surface area contributed by atoms with E-state index in [9.17, 15) is 4.79 Å². The van der Waals surface area contributed by atoms with Gasteiger partial charge in [0.1, 0.15) is 0 Å². The number of rotatable bonds is 10. The maximum absolute atomic E-state index is 13.4. The fourth-order valence-corrected chi connectivity index (χ4v) is 5.21. The lowest BCUT2D eigenvalue weighted by Crippen LogP contribution is -2.40. The van der Waals surface area contributed by atoms with Crippen molar-refractivity contribution in [3.63, 3.8) is 0 Å². The summed E-state index contributed by atoms with van der Waals surface area (Å²) in [5, 5.41) is 3.16. The molecule has 1 fully saturated rings. The van der Waals surface area contributed by atoms with Crippen LogP contribution >= 0.6 is 0 Å². The van der Waals surface area contributed by atoms with Gasteiger partial charge >= 0.3 is 6.03 Å².